The first kappa shape index (κ1) is 26.7. The van der Waals surface area contributed by atoms with E-state index in [0.29, 0.717) is 5.56 Å². The Bertz CT molecular complexity index is 1470. The van der Waals surface area contributed by atoms with Crippen LogP contribution in [-0.4, -0.2) is 65.7 Å². The van der Waals surface area contributed by atoms with Gasteiger partial charge >= 0.3 is 6.18 Å². The van der Waals surface area contributed by atoms with E-state index in [1.54, 1.807) is 31.3 Å². The summed E-state index contributed by atoms with van der Waals surface area (Å²) in [6.07, 6.45) is -4.53. The van der Waals surface area contributed by atoms with Gasteiger partial charge in [0.1, 0.15) is 0 Å². The number of likely N-dealkylation sites (N-methyl/N-ethyl adjacent to an activating group) is 1. The summed E-state index contributed by atoms with van der Waals surface area (Å²) in [5.74, 6) is 0.265. The second kappa shape index (κ2) is 11.1. The number of aromatic amines is 1. The van der Waals surface area contributed by atoms with Gasteiger partial charge in [-0.25, -0.2) is 0 Å². The van der Waals surface area contributed by atoms with E-state index >= 15 is 0 Å². The lowest BCUT2D eigenvalue weighted by Gasteiger charge is -2.34. The first-order chi connectivity index (χ1) is 18.7. The van der Waals surface area contributed by atoms with E-state index in [-0.39, 0.29) is 17.8 Å². The number of alkyl halides is 3. The number of halogens is 3. The van der Waals surface area contributed by atoms with Gasteiger partial charge in [-0.3, -0.25) is 14.8 Å². The minimum absolute atomic E-state index is 0.107. The van der Waals surface area contributed by atoms with E-state index < -0.39 is 17.6 Å². The highest BCUT2D eigenvalue weighted by Crippen LogP contribution is 2.35. The molecular formula is C29H31F3N6O. The Morgan fingerprint density at radius 2 is 1.72 bits per heavy atom. The molecule has 4 aromatic rings. The molecule has 1 aromatic heterocycles. The Balaban J connectivity index is 1.33. The minimum Gasteiger partial charge on any atom is -0.371 e. The molecule has 1 fully saturated rings. The number of aromatic nitrogens is 2. The number of piperazine rings is 1. The van der Waals surface area contributed by atoms with Crippen molar-refractivity contribution in [2.24, 2.45) is 0 Å². The van der Waals surface area contributed by atoms with Crippen LogP contribution in [-0.2, 0) is 12.7 Å². The smallest absolute Gasteiger partial charge is 0.371 e. The van der Waals surface area contributed by atoms with Crippen molar-refractivity contribution >= 4 is 28.3 Å². The molecule has 1 amide bonds. The van der Waals surface area contributed by atoms with Gasteiger partial charge in [0.2, 0.25) is 0 Å². The Morgan fingerprint density at radius 3 is 2.44 bits per heavy atom. The highest BCUT2D eigenvalue weighted by molar-refractivity contribution is 6.05. The van der Waals surface area contributed by atoms with Crippen molar-refractivity contribution < 1.29 is 18.0 Å². The molecule has 0 saturated carbocycles. The first-order valence-electron chi connectivity index (χ1n) is 13.0. The van der Waals surface area contributed by atoms with Gasteiger partial charge in [0.05, 0.1) is 11.1 Å². The maximum atomic E-state index is 14.0. The molecule has 3 aromatic carbocycles. The highest BCUT2D eigenvalue weighted by Gasteiger charge is 2.34. The number of carbonyl (C=O) groups excluding carboxylic acids is 1. The van der Waals surface area contributed by atoms with Gasteiger partial charge in [0, 0.05) is 56.4 Å². The number of H-pyrrole nitrogens is 1. The maximum absolute atomic E-state index is 14.0. The second-order valence-corrected chi connectivity index (χ2v) is 9.70. The molecule has 2 heterocycles. The molecule has 39 heavy (non-hydrogen) atoms. The average Bonchev–Trinajstić information content (AvgIpc) is 3.36. The highest BCUT2D eigenvalue weighted by atomic mass is 19.4. The number of benzene rings is 3. The number of anilines is 2. The van der Waals surface area contributed by atoms with Crippen LogP contribution in [0.4, 0.5) is 24.7 Å². The topological polar surface area (TPSA) is 76.3 Å². The second-order valence-electron chi connectivity index (χ2n) is 9.70. The van der Waals surface area contributed by atoms with Crippen LogP contribution < -0.4 is 10.6 Å². The van der Waals surface area contributed by atoms with E-state index in [1.807, 2.05) is 29.2 Å². The van der Waals surface area contributed by atoms with E-state index in [0.717, 1.165) is 66.6 Å². The molecule has 0 spiro atoms. The summed E-state index contributed by atoms with van der Waals surface area (Å²) in [6.45, 7) is 6.39. The fourth-order valence-electron chi connectivity index (χ4n) is 4.99. The van der Waals surface area contributed by atoms with Crippen molar-refractivity contribution in [2.45, 2.75) is 19.6 Å². The molecule has 7 nitrogen and oxygen atoms in total. The summed E-state index contributed by atoms with van der Waals surface area (Å²) in [5.41, 5.74) is 2.48. The fourth-order valence-corrected chi connectivity index (χ4v) is 4.99. The van der Waals surface area contributed by atoms with Gasteiger partial charge in [-0.1, -0.05) is 31.2 Å². The van der Waals surface area contributed by atoms with Crippen molar-refractivity contribution in [1.29, 1.82) is 0 Å². The van der Waals surface area contributed by atoms with Crippen molar-refractivity contribution in [3.05, 3.63) is 77.4 Å². The quantitative estimate of drug-likeness (QED) is 0.283. The molecule has 1 saturated heterocycles. The Labute approximate surface area is 225 Å². The molecule has 0 atom stereocenters. The van der Waals surface area contributed by atoms with Crippen molar-refractivity contribution in [1.82, 2.24) is 20.0 Å². The predicted octanol–water partition coefficient (Wildman–Crippen LogP) is 5.68. The molecule has 3 N–H and O–H groups in total. The maximum Gasteiger partial charge on any atom is 0.416 e. The number of carbonyl (C=O) groups is 1. The Kier molecular flexibility index (Phi) is 7.58. The van der Waals surface area contributed by atoms with Crippen LogP contribution in [0.3, 0.4) is 0 Å². The Morgan fingerprint density at radius 1 is 0.974 bits per heavy atom. The van der Waals surface area contributed by atoms with Crippen LogP contribution in [0, 0.1) is 0 Å². The average molecular weight is 537 g/mol. The molecule has 204 valence electrons. The van der Waals surface area contributed by atoms with Crippen LogP contribution in [0.25, 0.3) is 22.0 Å². The van der Waals surface area contributed by atoms with Crippen LogP contribution in [0.5, 0.6) is 0 Å². The van der Waals surface area contributed by atoms with Gasteiger partial charge < -0.3 is 15.5 Å². The third-order valence-electron chi connectivity index (χ3n) is 7.24. The van der Waals surface area contributed by atoms with E-state index in [1.165, 1.54) is 6.07 Å². The van der Waals surface area contributed by atoms with Gasteiger partial charge in [-0.05, 0) is 59.6 Å². The lowest BCUT2D eigenvalue weighted by atomic mass is 10.0. The summed E-state index contributed by atoms with van der Waals surface area (Å²) < 4.78 is 42.0. The summed E-state index contributed by atoms with van der Waals surface area (Å²) >= 11 is 0. The zero-order valence-electron chi connectivity index (χ0n) is 21.9. The third-order valence-corrected chi connectivity index (χ3v) is 7.24. The summed E-state index contributed by atoms with van der Waals surface area (Å²) in [4.78, 5) is 17.4. The molecule has 0 unspecified atom stereocenters. The van der Waals surface area contributed by atoms with Crippen molar-refractivity contribution in [3.63, 3.8) is 0 Å². The third kappa shape index (κ3) is 5.91. The van der Waals surface area contributed by atoms with E-state index in [2.05, 4.69) is 32.7 Å². The molecule has 0 bridgehead atoms. The molecule has 0 aliphatic carbocycles. The number of fused-ring (bicyclic) bond motifs is 1. The monoisotopic (exact) mass is 536 g/mol. The summed E-state index contributed by atoms with van der Waals surface area (Å²) in [5, 5.41) is 13.8. The zero-order valence-corrected chi connectivity index (χ0v) is 21.9. The largest absolute Gasteiger partial charge is 0.416 e. The molecular weight excluding hydrogens is 505 g/mol. The van der Waals surface area contributed by atoms with Crippen molar-refractivity contribution in [3.8, 4) is 11.1 Å². The zero-order chi connectivity index (χ0) is 27.6. The molecule has 5 rings (SSSR count). The molecule has 1 aliphatic heterocycles. The van der Waals surface area contributed by atoms with Gasteiger partial charge in [0.25, 0.3) is 5.91 Å². The lowest BCUT2D eigenvalue weighted by molar-refractivity contribution is -0.138. The standard InChI is InChI=1S/C29H31F3N6O/c1-3-37-11-13-38(14-12-37)18-22-7-9-23(17-25(22)29(30,31)32)34-28(39)21-6-4-5-19(15-21)20-8-10-24-26(16-20)35-36-27(24)33-2/h4-10,15-17H,3,11-14,18H2,1-2H3,(H,34,39)(H2,33,35,36). The summed E-state index contributed by atoms with van der Waals surface area (Å²) in [6, 6.07) is 16.9. The van der Waals surface area contributed by atoms with Gasteiger partial charge in [0.15, 0.2) is 5.82 Å². The summed E-state index contributed by atoms with van der Waals surface area (Å²) in [7, 11) is 1.80. The number of rotatable bonds is 7. The van der Waals surface area contributed by atoms with Crippen LogP contribution in [0.15, 0.2) is 60.7 Å². The molecule has 1 aliphatic rings. The van der Waals surface area contributed by atoms with Gasteiger partial charge in [-0.15, -0.1) is 0 Å². The number of hydrogen-bond acceptors (Lipinski definition) is 5. The molecule has 10 heteroatoms. The number of nitrogens with one attached hydrogen (secondary N) is 3. The predicted molar refractivity (Wildman–Crippen MR) is 148 cm³/mol. The normalized spacial score (nSPS) is 15.0. The number of amides is 1. The number of hydrogen-bond donors (Lipinski definition) is 3. The fraction of sp³-hybridized carbons (Fsp3) is 0.310. The van der Waals surface area contributed by atoms with Crippen LogP contribution in [0.2, 0.25) is 0 Å². The van der Waals surface area contributed by atoms with Crippen molar-refractivity contribution in [2.75, 3.05) is 50.4 Å². The minimum atomic E-state index is -4.53. The lowest BCUT2D eigenvalue weighted by Crippen LogP contribution is -2.45. The van der Waals surface area contributed by atoms with Crippen LogP contribution in [0.1, 0.15) is 28.4 Å². The Hall–Kier alpha value is -3.89. The van der Waals surface area contributed by atoms with Gasteiger partial charge in [-0.2, -0.15) is 18.3 Å². The van der Waals surface area contributed by atoms with Crippen LogP contribution >= 0.6 is 0 Å². The van der Waals surface area contributed by atoms with E-state index in [9.17, 15) is 18.0 Å². The first-order valence-corrected chi connectivity index (χ1v) is 13.0. The molecule has 0 radical (unpaired) electrons. The SMILES string of the molecule is CCN1CCN(Cc2ccc(NC(=O)c3cccc(-c4ccc5c(NC)n[nH]c5c4)c3)cc2C(F)(F)F)CC1. The van der Waals surface area contributed by atoms with E-state index in [4.69, 9.17) is 0 Å². The number of nitrogens with zero attached hydrogens (tertiary/aromatic N) is 3.